The molecule has 159 valence electrons. The first-order valence-corrected chi connectivity index (χ1v) is 13.2. The van der Waals surface area contributed by atoms with Gasteiger partial charge < -0.3 is 0 Å². The van der Waals surface area contributed by atoms with Crippen LogP contribution in [0.2, 0.25) is 0 Å². The second-order valence-corrected chi connectivity index (χ2v) is 12.2. The molecule has 2 heteroatoms. The zero-order valence-electron chi connectivity index (χ0n) is 18.9. The zero-order chi connectivity index (χ0) is 21.7. The molecule has 4 rings (SSSR count). The van der Waals surface area contributed by atoms with E-state index >= 15 is 0 Å². The van der Waals surface area contributed by atoms with Crippen LogP contribution >= 0.6 is 7.92 Å². The Hall–Kier alpha value is -1.29. The summed E-state index contributed by atoms with van der Waals surface area (Å²) in [5, 5.41) is 3.04. The molecule has 0 aliphatic heterocycles. The number of rotatable bonds is 3. The molecule has 1 atom stereocenters. The van der Waals surface area contributed by atoms with E-state index in [1.807, 2.05) is 0 Å². The van der Waals surface area contributed by atoms with Crippen molar-refractivity contribution in [2.24, 2.45) is 5.41 Å². The Bertz CT molecular complexity index is 870. The predicted octanol–water partition coefficient (Wildman–Crippen LogP) is 7.41. The van der Waals surface area contributed by atoms with Gasteiger partial charge >= 0.3 is 79.2 Å². The fraction of sp³-hybridized carbons (Fsp3) is 0.357. The van der Waals surface area contributed by atoms with Crippen LogP contribution < -0.4 is 10.6 Å². The predicted molar refractivity (Wildman–Crippen MR) is 131 cm³/mol. The molecular weight excluding hydrogens is 468 g/mol. The average molecular weight is 503 g/mol. The van der Waals surface area contributed by atoms with E-state index in [2.05, 4.69) is 126 Å². The fourth-order valence-corrected chi connectivity index (χ4v) is 7.82. The Balaban J connectivity index is 0.000000199. The Morgan fingerprint density at radius 1 is 0.800 bits per heavy atom. The van der Waals surface area contributed by atoms with Crippen molar-refractivity contribution in [3.8, 4) is 0 Å². The Kier molecular flexibility index (Phi) is 8.07. The van der Waals surface area contributed by atoms with Crippen LogP contribution in [0, 0.1) is 5.41 Å². The van der Waals surface area contributed by atoms with Gasteiger partial charge in [-0.15, -0.1) is 0 Å². The molecule has 2 aromatic rings. The van der Waals surface area contributed by atoms with Gasteiger partial charge in [0, 0.05) is 0 Å². The van der Waals surface area contributed by atoms with Crippen LogP contribution in [0.3, 0.4) is 0 Å². The van der Waals surface area contributed by atoms with E-state index in [0.717, 1.165) is 5.66 Å². The monoisotopic (exact) mass is 503 g/mol. The molecule has 0 radical (unpaired) electrons. The van der Waals surface area contributed by atoms with Crippen LogP contribution in [-0.4, -0.2) is 5.66 Å². The molecule has 0 spiro atoms. The third-order valence-corrected chi connectivity index (χ3v) is 11.2. The summed E-state index contributed by atoms with van der Waals surface area (Å²) in [6.07, 6.45) is 8.50. The van der Waals surface area contributed by atoms with Crippen LogP contribution in [0.5, 0.6) is 0 Å². The number of hydrogen-bond acceptors (Lipinski definition) is 0. The second kappa shape index (κ2) is 10.3. The zero-order valence-corrected chi connectivity index (χ0v) is 21.6. The SMILES string of the molecule is C1=CCC(P(c2ccccc2)c2ccccc2)CC1.CC1=C(C)C(C)(C)[C]([Ru])=C1C. The number of benzene rings is 2. The van der Waals surface area contributed by atoms with E-state index in [4.69, 9.17) is 0 Å². The number of allylic oxidation sites excluding steroid dienone is 6. The quantitative estimate of drug-likeness (QED) is 0.233. The van der Waals surface area contributed by atoms with Crippen molar-refractivity contribution in [3.63, 3.8) is 0 Å². The van der Waals surface area contributed by atoms with Crippen molar-refractivity contribution in [2.75, 3.05) is 0 Å². The summed E-state index contributed by atoms with van der Waals surface area (Å²) in [7, 11) is -0.220. The molecule has 0 amide bonds. The van der Waals surface area contributed by atoms with Crippen LogP contribution in [0.25, 0.3) is 0 Å². The standard InChI is InChI=1S/C18H19P.C10H15.Ru/c1-4-10-16(11-5-1)19(17-12-6-2-7-13-17)18-14-8-3-9-15-18;1-7-6-10(4,5)9(3)8(7)2;/h1-8,10-13,18H,9,14-15H2;1-5H3;. The van der Waals surface area contributed by atoms with E-state index in [9.17, 15) is 0 Å². The van der Waals surface area contributed by atoms with E-state index in [0.29, 0.717) is 0 Å². The van der Waals surface area contributed by atoms with Crippen LogP contribution in [0.1, 0.15) is 53.9 Å². The van der Waals surface area contributed by atoms with Gasteiger partial charge in [-0.25, -0.2) is 0 Å². The summed E-state index contributed by atoms with van der Waals surface area (Å²) in [6, 6.07) is 22.1. The van der Waals surface area contributed by atoms with E-state index in [1.54, 1.807) is 0 Å². The van der Waals surface area contributed by atoms with Crippen molar-refractivity contribution in [3.05, 3.63) is 93.7 Å². The van der Waals surface area contributed by atoms with Crippen LogP contribution in [0.15, 0.2) is 93.7 Å². The first kappa shape index (κ1) is 23.4. The summed E-state index contributed by atoms with van der Waals surface area (Å²) in [4.78, 5) is 0. The molecule has 0 nitrogen and oxygen atoms in total. The topological polar surface area (TPSA) is 0 Å². The van der Waals surface area contributed by atoms with Gasteiger partial charge in [0.2, 0.25) is 0 Å². The van der Waals surface area contributed by atoms with Gasteiger partial charge in [-0.1, -0.05) is 72.8 Å². The summed E-state index contributed by atoms with van der Waals surface area (Å²) in [6.45, 7) is 11.2. The molecule has 2 aromatic carbocycles. The Morgan fingerprint density at radius 2 is 1.33 bits per heavy atom. The molecule has 0 saturated carbocycles. The van der Waals surface area contributed by atoms with Gasteiger partial charge in [-0.05, 0) is 43.5 Å². The van der Waals surface area contributed by atoms with Crippen molar-refractivity contribution >= 4 is 18.5 Å². The van der Waals surface area contributed by atoms with E-state index in [-0.39, 0.29) is 13.3 Å². The van der Waals surface area contributed by atoms with Crippen molar-refractivity contribution < 1.29 is 18.3 Å². The molecule has 1 unspecified atom stereocenters. The molecule has 30 heavy (non-hydrogen) atoms. The van der Waals surface area contributed by atoms with Gasteiger partial charge in [0.15, 0.2) is 0 Å². The fourth-order valence-electron chi connectivity index (χ4n) is 4.30. The van der Waals surface area contributed by atoms with Gasteiger partial charge in [-0.3, -0.25) is 0 Å². The first-order valence-electron chi connectivity index (χ1n) is 10.9. The molecule has 0 bridgehead atoms. The summed E-state index contributed by atoms with van der Waals surface area (Å²) in [5.41, 5.74) is 5.53. The van der Waals surface area contributed by atoms with Crippen molar-refractivity contribution in [2.45, 2.75) is 59.5 Å². The average Bonchev–Trinajstić information content (AvgIpc) is 2.91. The van der Waals surface area contributed by atoms with Crippen LogP contribution in [-0.2, 0) is 18.3 Å². The Labute approximate surface area is 195 Å². The molecule has 2 aliphatic rings. The van der Waals surface area contributed by atoms with Crippen LogP contribution in [0.4, 0.5) is 0 Å². The molecule has 0 heterocycles. The minimum absolute atomic E-state index is 0.220. The van der Waals surface area contributed by atoms with Crippen molar-refractivity contribution in [1.29, 1.82) is 0 Å². The summed E-state index contributed by atoms with van der Waals surface area (Å²) >= 11 is 2.77. The van der Waals surface area contributed by atoms with Gasteiger partial charge in [0.05, 0.1) is 0 Å². The first-order chi connectivity index (χ1) is 14.3. The third-order valence-electron chi connectivity index (χ3n) is 6.59. The van der Waals surface area contributed by atoms with Gasteiger partial charge in [0.1, 0.15) is 0 Å². The van der Waals surface area contributed by atoms with Crippen molar-refractivity contribution in [1.82, 2.24) is 0 Å². The maximum atomic E-state index is 2.77. The molecule has 0 aromatic heterocycles. The molecular formula is C28H34PRu. The van der Waals surface area contributed by atoms with E-state index in [1.165, 1.54) is 50.8 Å². The maximum absolute atomic E-state index is 2.77. The summed E-state index contributed by atoms with van der Waals surface area (Å²) < 4.78 is 1.46. The molecule has 0 fully saturated rings. The molecule has 0 saturated heterocycles. The number of hydrogen-bond donors (Lipinski definition) is 0. The normalized spacial score (nSPS) is 20.4. The van der Waals surface area contributed by atoms with Gasteiger partial charge in [0.25, 0.3) is 0 Å². The van der Waals surface area contributed by atoms with E-state index < -0.39 is 0 Å². The third kappa shape index (κ3) is 5.12. The molecule has 2 aliphatic carbocycles. The minimum atomic E-state index is -0.220. The molecule has 0 N–H and O–H groups in total. The Morgan fingerprint density at radius 3 is 1.67 bits per heavy atom. The van der Waals surface area contributed by atoms with Gasteiger partial charge in [-0.2, -0.15) is 0 Å². The summed E-state index contributed by atoms with van der Waals surface area (Å²) in [5.74, 6) is 0. The second-order valence-electron chi connectivity index (χ2n) is 8.78.